The summed E-state index contributed by atoms with van der Waals surface area (Å²) in [6.07, 6.45) is 3.58. The van der Waals surface area contributed by atoms with Crippen LogP contribution in [0.4, 0.5) is 11.5 Å². The van der Waals surface area contributed by atoms with Crippen LogP contribution < -0.4 is 10.6 Å². The van der Waals surface area contributed by atoms with E-state index in [1.54, 1.807) is 6.07 Å². The van der Waals surface area contributed by atoms with Gasteiger partial charge in [-0.15, -0.1) is 0 Å². The first-order valence-electron chi connectivity index (χ1n) is 6.20. The van der Waals surface area contributed by atoms with Crippen molar-refractivity contribution in [2.45, 2.75) is 19.3 Å². The summed E-state index contributed by atoms with van der Waals surface area (Å²) in [4.78, 5) is 27.2. The molecule has 1 saturated heterocycles. The summed E-state index contributed by atoms with van der Waals surface area (Å²) in [7, 11) is 0. The number of carbonyl (C=O) groups excluding carboxylic acids is 1. The average Bonchev–Trinajstić information content (AvgIpc) is 2.38. The number of hydrogen-bond acceptors (Lipinski definition) is 5. The van der Waals surface area contributed by atoms with Crippen LogP contribution in [0.25, 0.3) is 0 Å². The molecule has 1 aromatic rings. The van der Waals surface area contributed by atoms with E-state index in [-0.39, 0.29) is 17.5 Å². The third-order valence-electron chi connectivity index (χ3n) is 3.28. The molecule has 1 atom stereocenters. The molecular weight excluding hydrogens is 248 g/mol. The molecule has 0 spiro atoms. The van der Waals surface area contributed by atoms with Crippen LogP contribution in [0.2, 0.25) is 0 Å². The van der Waals surface area contributed by atoms with E-state index in [4.69, 9.17) is 5.73 Å². The highest BCUT2D eigenvalue weighted by atomic mass is 16.6. The zero-order valence-corrected chi connectivity index (χ0v) is 10.5. The van der Waals surface area contributed by atoms with Crippen LogP contribution >= 0.6 is 0 Å². The second kappa shape index (κ2) is 5.64. The molecule has 2 rings (SSSR count). The Morgan fingerprint density at radius 3 is 2.95 bits per heavy atom. The Morgan fingerprint density at radius 1 is 1.58 bits per heavy atom. The Kier molecular flexibility index (Phi) is 3.94. The van der Waals surface area contributed by atoms with Gasteiger partial charge in [0.25, 0.3) is 5.69 Å². The van der Waals surface area contributed by atoms with Crippen molar-refractivity contribution in [3.8, 4) is 0 Å². The van der Waals surface area contributed by atoms with Crippen molar-refractivity contribution in [1.82, 2.24) is 4.98 Å². The predicted molar refractivity (Wildman–Crippen MR) is 69.6 cm³/mol. The number of amides is 1. The van der Waals surface area contributed by atoms with Gasteiger partial charge in [0.2, 0.25) is 5.91 Å². The van der Waals surface area contributed by atoms with E-state index in [9.17, 15) is 14.9 Å². The molecule has 1 amide bonds. The number of anilines is 1. The van der Waals surface area contributed by atoms with Gasteiger partial charge in [-0.1, -0.05) is 0 Å². The minimum Gasteiger partial charge on any atom is -0.370 e. The maximum Gasteiger partial charge on any atom is 0.287 e. The lowest BCUT2D eigenvalue weighted by atomic mass is 9.94. The lowest BCUT2D eigenvalue weighted by Gasteiger charge is -2.33. The molecular formula is C12H16N4O3. The fraction of sp³-hybridized carbons (Fsp3) is 0.500. The van der Waals surface area contributed by atoms with E-state index < -0.39 is 4.92 Å². The number of carbonyl (C=O) groups is 1. The third kappa shape index (κ3) is 3.40. The summed E-state index contributed by atoms with van der Waals surface area (Å²) < 4.78 is 0. The van der Waals surface area contributed by atoms with Gasteiger partial charge in [0.15, 0.2) is 0 Å². The first-order valence-corrected chi connectivity index (χ1v) is 6.20. The second-order valence-electron chi connectivity index (χ2n) is 4.76. The normalized spacial score (nSPS) is 19.2. The Hall–Kier alpha value is -2.18. The summed E-state index contributed by atoms with van der Waals surface area (Å²) in [5.41, 5.74) is 5.19. The van der Waals surface area contributed by atoms with Gasteiger partial charge in [-0.05, 0) is 24.8 Å². The maximum atomic E-state index is 10.9. The van der Waals surface area contributed by atoms with Gasteiger partial charge in [0.1, 0.15) is 12.0 Å². The largest absolute Gasteiger partial charge is 0.370 e. The number of nitro groups is 1. The van der Waals surface area contributed by atoms with Crippen LogP contribution in [-0.4, -0.2) is 28.9 Å². The molecule has 1 unspecified atom stereocenters. The van der Waals surface area contributed by atoms with Gasteiger partial charge in [0, 0.05) is 25.6 Å². The van der Waals surface area contributed by atoms with E-state index in [2.05, 4.69) is 4.98 Å². The number of rotatable bonds is 4. The second-order valence-corrected chi connectivity index (χ2v) is 4.76. The monoisotopic (exact) mass is 264 g/mol. The fourth-order valence-corrected chi connectivity index (χ4v) is 2.40. The van der Waals surface area contributed by atoms with E-state index in [1.165, 1.54) is 12.3 Å². The minimum atomic E-state index is -0.469. The average molecular weight is 264 g/mol. The summed E-state index contributed by atoms with van der Waals surface area (Å²) >= 11 is 0. The molecule has 7 heteroatoms. The molecule has 1 aromatic heterocycles. The molecule has 19 heavy (non-hydrogen) atoms. The number of aromatic nitrogens is 1. The molecule has 7 nitrogen and oxygen atoms in total. The summed E-state index contributed by atoms with van der Waals surface area (Å²) in [5.74, 6) is 0.659. The summed E-state index contributed by atoms with van der Waals surface area (Å²) in [6, 6.07) is 3.09. The lowest BCUT2D eigenvalue weighted by molar-refractivity contribution is -0.385. The van der Waals surface area contributed by atoms with Crippen LogP contribution in [0.1, 0.15) is 19.3 Å². The molecule has 0 saturated carbocycles. The number of pyridine rings is 1. The van der Waals surface area contributed by atoms with E-state index in [0.29, 0.717) is 18.8 Å². The molecule has 1 aliphatic rings. The van der Waals surface area contributed by atoms with Crippen molar-refractivity contribution >= 4 is 17.4 Å². The van der Waals surface area contributed by atoms with Crippen molar-refractivity contribution in [2.24, 2.45) is 11.7 Å². The van der Waals surface area contributed by atoms with Gasteiger partial charge >= 0.3 is 0 Å². The predicted octanol–water partition coefficient (Wildman–Crippen LogP) is 1.08. The number of nitrogens with zero attached hydrogens (tertiary/aromatic N) is 3. The zero-order chi connectivity index (χ0) is 13.8. The number of nitrogens with two attached hydrogens (primary N) is 1. The molecule has 102 valence electrons. The smallest absolute Gasteiger partial charge is 0.287 e. The molecule has 0 aromatic carbocycles. The topological polar surface area (TPSA) is 102 Å². The molecule has 0 bridgehead atoms. The van der Waals surface area contributed by atoms with Crippen LogP contribution in [0.15, 0.2) is 18.3 Å². The van der Waals surface area contributed by atoms with Gasteiger partial charge in [-0.25, -0.2) is 4.98 Å². The van der Waals surface area contributed by atoms with Crippen LogP contribution in [0.3, 0.4) is 0 Å². The first-order chi connectivity index (χ1) is 9.06. The highest BCUT2D eigenvalue weighted by molar-refractivity contribution is 5.74. The van der Waals surface area contributed by atoms with Crippen molar-refractivity contribution < 1.29 is 9.72 Å². The van der Waals surface area contributed by atoms with Crippen molar-refractivity contribution in [3.63, 3.8) is 0 Å². The third-order valence-corrected chi connectivity index (χ3v) is 3.28. The lowest BCUT2D eigenvalue weighted by Crippen LogP contribution is -2.37. The Morgan fingerprint density at radius 2 is 2.37 bits per heavy atom. The molecule has 0 aliphatic carbocycles. The van der Waals surface area contributed by atoms with Gasteiger partial charge in [0.05, 0.1) is 4.92 Å². The Bertz CT molecular complexity index is 474. The standard InChI is InChI=1S/C12H16N4O3/c13-11(17)6-9-2-1-5-15(8-9)12-4-3-10(7-14-12)16(18)19/h3-4,7,9H,1-2,5-6,8H2,(H2,13,17). The Balaban J connectivity index is 2.04. The fourth-order valence-electron chi connectivity index (χ4n) is 2.40. The van der Waals surface area contributed by atoms with Crippen molar-refractivity contribution in [3.05, 3.63) is 28.4 Å². The molecule has 1 fully saturated rings. The molecule has 2 heterocycles. The van der Waals surface area contributed by atoms with Crippen molar-refractivity contribution in [2.75, 3.05) is 18.0 Å². The van der Waals surface area contributed by atoms with E-state index >= 15 is 0 Å². The van der Waals surface area contributed by atoms with Crippen molar-refractivity contribution in [1.29, 1.82) is 0 Å². The van der Waals surface area contributed by atoms with Crippen LogP contribution in [0.5, 0.6) is 0 Å². The number of hydrogen-bond donors (Lipinski definition) is 1. The molecule has 0 radical (unpaired) electrons. The zero-order valence-electron chi connectivity index (χ0n) is 10.5. The number of piperidine rings is 1. The van der Waals surface area contributed by atoms with E-state index in [1.807, 2.05) is 4.90 Å². The first kappa shape index (κ1) is 13.3. The highest BCUT2D eigenvalue weighted by Gasteiger charge is 2.22. The molecule has 1 aliphatic heterocycles. The van der Waals surface area contributed by atoms with Gasteiger partial charge in [-0.2, -0.15) is 0 Å². The minimum absolute atomic E-state index is 0.0190. The van der Waals surface area contributed by atoms with Gasteiger partial charge in [-0.3, -0.25) is 14.9 Å². The van der Waals surface area contributed by atoms with E-state index in [0.717, 1.165) is 19.4 Å². The quantitative estimate of drug-likeness (QED) is 0.647. The molecule has 2 N–H and O–H groups in total. The van der Waals surface area contributed by atoms with Gasteiger partial charge < -0.3 is 10.6 Å². The van der Waals surface area contributed by atoms with Crippen LogP contribution in [-0.2, 0) is 4.79 Å². The SMILES string of the molecule is NC(=O)CC1CCCN(c2ccc([N+](=O)[O-])cn2)C1. The highest BCUT2D eigenvalue weighted by Crippen LogP contribution is 2.24. The van der Waals surface area contributed by atoms with Crippen LogP contribution in [0, 0.1) is 16.0 Å². The maximum absolute atomic E-state index is 10.9. The Labute approximate surface area is 110 Å². The number of primary amides is 1. The summed E-state index contributed by atoms with van der Waals surface area (Å²) in [5, 5.41) is 10.6. The summed E-state index contributed by atoms with van der Waals surface area (Å²) in [6.45, 7) is 1.56.